The molecule has 5 nitrogen and oxygen atoms in total. The zero-order chi connectivity index (χ0) is 18.8. The van der Waals surface area contributed by atoms with Crippen LogP contribution in [0.5, 0.6) is 5.75 Å². The molecule has 27 heavy (non-hydrogen) atoms. The summed E-state index contributed by atoms with van der Waals surface area (Å²) >= 11 is 3.37. The number of anilines is 1. The van der Waals surface area contributed by atoms with Crippen molar-refractivity contribution in [2.75, 3.05) is 12.4 Å². The van der Waals surface area contributed by atoms with Crippen LogP contribution in [-0.4, -0.2) is 18.0 Å². The number of ether oxygens (including phenoxy) is 1. The molecule has 0 unspecified atom stereocenters. The Labute approximate surface area is 164 Å². The van der Waals surface area contributed by atoms with Crippen LogP contribution in [0, 0.1) is 0 Å². The van der Waals surface area contributed by atoms with Crippen LogP contribution in [0.15, 0.2) is 75.6 Å². The van der Waals surface area contributed by atoms with Gasteiger partial charge in [0.25, 0.3) is 5.91 Å². The fourth-order valence-corrected chi connectivity index (χ4v) is 3.09. The summed E-state index contributed by atoms with van der Waals surface area (Å²) in [4.78, 5) is 16.8. The monoisotopic (exact) mass is 422 g/mol. The van der Waals surface area contributed by atoms with Crippen LogP contribution >= 0.6 is 15.9 Å². The van der Waals surface area contributed by atoms with E-state index in [2.05, 4.69) is 26.2 Å². The van der Waals surface area contributed by atoms with Gasteiger partial charge in [-0.15, -0.1) is 0 Å². The predicted octanol–water partition coefficient (Wildman–Crippen LogP) is 5.52. The molecule has 0 bridgehead atoms. The number of rotatable bonds is 4. The maximum atomic E-state index is 12.3. The normalized spacial score (nSPS) is 10.7. The first kappa shape index (κ1) is 17.3. The van der Waals surface area contributed by atoms with Crippen LogP contribution < -0.4 is 10.1 Å². The summed E-state index contributed by atoms with van der Waals surface area (Å²) in [6.45, 7) is 0. The van der Waals surface area contributed by atoms with Gasteiger partial charge in [-0.3, -0.25) is 4.79 Å². The summed E-state index contributed by atoms with van der Waals surface area (Å²) in [5, 5.41) is 2.88. The third-order valence-electron chi connectivity index (χ3n) is 4.07. The molecule has 0 fully saturated rings. The Morgan fingerprint density at radius 2 is 1.89 bits per heavy atom. The number of methoxy groups -OCH3 is 1. The molecule has 4 aromatic rings. The molecule has 1 heterocycles. The standard InChI is InChI=1S/C21H15BrN2O3/c1-26-17-9-10-19-18(12-17)24-21(27-19)13-5-7-16(8-6-13)23-20(25)14-3-2-4-15(22)11-14/h2-12H,1H3,(H,23,25). The zero-order valence-electron chi connectivity index (χ0n) is 14.4. The molecular weight excluding hydrogens is 408 g/mol. The van der Waals surface area contributed by atoms with E-state index in [9.17, 15) is 4.79 Å². The third-order valence-corrected chi connectivity index (χ3v) is 4.56. The molecule has 6 heteroatoms. The van der Waals surface area contributed by atoms with E-state index in [0.717, 1.165) is 21.3 Å². The van der Waals surface area contributed by atoms with Crippen molar-refractivity contribution in [1.82, 2.24) is 4.98 Å². The first-order chi connectivity index (χ1) is 13.1. The third kappa shape index (κ3) is 3.71. The van der Waals surface area contributed by atoms with E-state index >= 15 is 0 Å². The number of hydrogen-bond donors (Lipinski definition) is 1. The Morgan fingerprint density at radius 3 is 2.63 bits per heavy atom. The number of halogens is 1. The minimum Gasteiger partial charge on any atom is -0.497 e. The van der Waals surface area contributed by atoms with Crippen molar-refractivity contribution in [3.05, 3.63) is 76.8 Å². The van der Waals surface area contributed by atoms with Crippen LogP contribution in [0.4, 0.5) is 5.69 Å². The molecule has 4 rings (SSSR count). The van der Waals surface area contributed by atoms with Gasteiger partial charge >= 0.3 is 0 Å². The average molecular weight is 423 g/mol. The van der Waals surface area contributed by atoms with Crippen LogP contribution in [0.1, 0.15) is 10.4 Å². The molecule has 0 aliphatic heterocycles. The lowest BCUT2D eigenvalue weighted by atomic mass is 10.2. The van der Waals surface area contributed by atoms with E-state index in [1.807, 2.05) is 54.6 Å². The Balaban J connectivity index is 1.54. The number of carbonyl (C=O) groups is 1. The largest absolute Gasteiger partial charge is 0.497 e. The maximum Gasteiger partial charge on any atom is 0.255 e. The molecule has 0 spiro atoms. The fourth-order valence-electron chi connectivity index (χ4n) is 2.69. The van der Waals surface area contributed by atoms with Gasteiger partial charge < -0.3 is 14.5 Å². The molecule has 0 aliphatic rings. The van der Waals surface area contributed by atoms with Crippen LogP contribution in [0.25, 0.3) is 22.6 Å². The van der Waals surface area contributed by atoms with E-state index in [0.29, 0.717) is 22.7 Å². The number of nitrogens with zero attached hydrogens (tertiary/aromatic N) is 1. The summed E-state index contributed by atoms with van der Waals surface area (Å²) < 4.78 is 11.9. The summed E-state index contributed by atoms with van der Waals surface area (Å²) in [5.74, 6) is 1.08. The van der Waals surface area contributed by atoms with E-state index < -0.39 is 0 Å². The number of oxazole rings is 1. The van der Waals surface area contributed by atoms with E-state index in [1.165, 1.54) is 0 Å². The first-order valence-corrected chi connectivity index (χ1v) is 9.03. The van der Waals surface area contributed by atoms with Crippen molar-refractivity contribution in [2.24, 2.45) is 0 Å². The van der Waals surface area contributed by atoms with Gasteiger partial charge in [0.2, 0.25) is 5.89 Å². The number of hydrogen-bond acceptors (Lipinski definition) is 4. The van der Waals surface area contributed by atoms with Crippen molar-refractivity contribution < 1.29 is 13.9 Å². The van der Waals surface area contributed by atoms with Crippen LogP contribution in [0.3, 0.4) is 0 Å². The highest BCUT2D eigenvalue weighted by atomic mass is 79.9. The molecule has 0 saturated heterocycles. The molecule has 0 saturated carbocycles. The molecule has 134 valence electrons. The number of benzene rings is 3. The number of amides is 1. The van der Waals surface area contributed by atoms with Crippen molar-refractivity contribution in [3.8, 4) is 17.2 Å². The highest BCUT2D eigenvalue weighted by Gasteiger charge is 2.10. The minimum absolute atomic E-state index is 0.169. The minimum atomic E-state index is -0.169. The van der Waals surface area contributed by atoms with Crippen molar-refractivity contribution in [2.45, 2.75) is 0 Å². The second kappa shape index (κ2) is 7.25. The zero-order valence-corrected chi connectivity index (χ0v) is 16.0. The van der Waals surface area contributed by atoms with Gasteiger partial charge in [0.05, 0.1) is 7.11 Å². The summed E-state index contributed by atoms with van der Waals surface area (Å²) in [6, 6.07) is 20.1. The Morgan fingerprint density at radius 1 is 1.07 bits per heavy atom. The van der Waals surface area contributed by atoms with Crippen molar-refractivity contribution >= 4 is 38.6 Å². The van der Waals surface area contributed by atoms with Gasteiger partial charge in [-0.25, -0.2) is 4.98 Å². The highest BCUT2D eigenvalue weighted by molar-refractivity contribution is 9.10. The van der Waals surface area contributed by atoms with Gasteiger partial charge in [0.1, 0.15) is 11.3 Å². The SMILES string of the molecule is COc1ccc2oc(-c3ccc(NC(=O)c4cccc(Br)c4)cc3)nc2c1. The van der Waals surface area contributed by atoms with Crippen molar-refractivity contribution in [1.29, 1.82) is 0 Å². The number of fused-ring (bicyclic) bond motifs is 1. The Kier molecular flexibility index (Phi) is 4.64. The van der Waals surface area contributed by atoms with Gasteiger partial charge in [-0.1, -0.05) is 22.0 Å². The van der Waals surface area contributed by atoms with E-state index in [4.69, 9.17) is 9.15 Å². The highest BCUT2D eigenvalue weighted by Crippen LogP contribution is 2.27. The Hall–Kier alpha value is -3.12. The van der Waals surface area contributed by atoms with E-state index in [1.54, 1.807) is 19.2 Å². The molecule has 1 aromatic heterocycles. The molecule has 1 N–H and O–H groups in total. The summed E-state index contributed by atoms with van der Waals surface area (Å²) in [5.41, 5.74) is 3.53. The molecule has 0 atom stereocenters. The molecule has 0 radical (unpaired) electrons. The molecular formula is C21H15BrN2O3. The van der Waals surface area contributed by atoms with Gasteiger partial charge in [0, 0.05) is 27.4 Å². The lowest BCUT2D eigenvalue weighted by Gasteiger charge is -2.06. The summed E-state index contributed by atoms with van der Waals surface area (Å²) in [7, 11) is 1.61. The average Bonchev–Trinajstić information content (AvgIpc) is 3.11. The number of carbonyl (C=O) groups excluding carboxylic acids is 1. The summed E-state index contributed by atoms with van der Waals surface area (Å²) in [6.07, 6.45) is 0. The lowest BCUT2D eigenvalue weighted by molar-refractivity contribution is 0.102. The van der Waals surface area contributed by atoms with Crippen LogP contribution in [-0.2, 0) is 0 Å². The predicted molar refractivity (Wildman–Crippen MR) is 108 cm³/mol. The first-order valence-electron chi connectivity index (χ1n) is 8.24. The number of nitrogens with one attached hydrogen (secondary N) is 1. The molecule has 1 amide bonds. The lowest BCUT2D eigenvalue weighted by Crippen LogP contribution is -2.11. The van der Waals surface area contributed by atoms with Crippen molar-refractivity contribution in [3.63, 3.8) is 0 Å². The molecule has 3 aromatic carbocycles. The second-order valence-electron chi connectivity index (χ2n) is 5.89. The molecule has 0 aliphatic carbocycles. The van der Waals surface area contributed by atoms with Gasteiger partial charge in [-0.05, 0) is 54.6 Å². The van der Waals surface area contributed by atoms with Crippen LogP contribution in [0.2, 0.25) is 0 Å². The topological polar surface area (TPSA) is 64.4 Å². The fraction of sp³-hybridized carbons (Fsp3) is 0.0476. The van der Waals surface area contributed by atoms with E-state index in [-0.39, 0.29) is 5.91 Å². The smallest absolute Gasteiger partial charge is 0.255 e. The number of aromatic nitrogens is 1. The second-order valence-corrected chi connectivity index (χ2v) is 6.81. The quantitative estimate of drug-likeness (QED) is 0.470. The Bertz CT molecular complexity index is 1120. The van der Waals surface area contributed by atoms with Gasteiger partial charge in [-0.2, -0.15) is 0 Å². The van der Waals surface area contributed by atoms with Gasteiger partial charge in [0.15, 0.2) is 5.58 Å². The maximum absolute atomic E-state index is 12.3.